The molecule has 5 heteroatoms. The van der Waals surface area contributed by atoms with Crippen molar-refractivity contribution < 1.29 is 13.9 Å². The van der Waals surface area contributed by atoms with Crippen molar-refractivity contribution in [1.29, 1.82) is 0 Å². The number of hydrogen-bond donors (Lipinski definition) is 0. The van der Waals surface area contributed by atoms with E-state index in [1.807, 2.05) is 43.3 Å². The van der Waals surface area contributed by atoms with Crippen LogP contribution in [0.5, 0.6) is 5.75 Å². The Morgan fingerprint density at radius 1 is 0.966 bits per heavy atom. The monoisotopic (exact) mass is 404 g/mol. The smallest absolute Gasteiger partial charge is 0.344 e. The largest absolute Gasteiger partial charge is 0.425 e. The van der Waals surface area contributed by atoms with Crippen LogP contribution in [0.25, 0.3) is 22.1 Å². The molecule has 0 aliphatic rings. The summed E-state index contributed by atoms with van der Waals surface area (Å²) in [6.45, 7) is 1.87. The van der Waals surface area contributed by atoms with Crippen molar-refractivity contribution in [3.63, 3.8) is 0 Å². The molecule has 1 unspecified atom stereocenters. The number of ether oxygens (including phenoxy) is 1. The highest BCUT2D eigenvalue weighted by molar-refractivity contribution is 6.30. The van der Waals surface area contributed by atoms with Gasteiger partial charge in [-0.25, -0.2) is 9.59 Å². The Balaban J connectivity index is 1.67. The summed E-state index contributed by atoms with van der Waals surface area (Å²) >= 11 is 6.22. The zero-order chi connectivity index (χ0) is 20.4. The average Bonchev–Trinajstić information content (AvgIpc) is 2.74. The highest BCUT2D eigenvalue weighted by Gasteiger charge is 2.20. The SMILES string of the molecule is Cc1c(-c2ccccc2)c(=O)oc2cc(OC(=O)C(Cl)c3ccccc3)ccc12. The number of esters is 1. The normalized spacial score (nSPS) is 11.9. The quantitative estimate of drug-likeness (QED) is 0.191. The summed E-state index contributed by atoms with van der Waals surface area (Å²) < 4.78 is 10.9. The number of hydrogen-bond acceptors (Lipinski definition) is 4. The maximum Gasteiger partial charge on any atom is 0.344 e. The minimum atomic E-state index is -0.930. The Morgan fingerprint density at radius 2 is 1.62 bits per heavy atom. The van der Waals surface area contributed by atoms with E-state index in [0.29, 0.717) is 16.7 Å². The fourth-order valence-electron chi connectivity index (χ4n) is 3.26. The summed E-state index contributed by atoms with van der Waals surface area (Å²) in [5.74, 6) is -0.337. The molecule has 1 aromatic heterocycles. The highest BCUT2D eigenvalue weighted by Crippen LogP contribution is 2.30. The molecular weight excluding hydrogens is 388 g/mol. The van der Waals surface area contributed by atoms with E-state index in [0.717, 1.165) is 16.5 Å². The van der Waals surface area contributed by atoms with E-state index in [1.165, 1.54) is 6.07 Å². The van der Waals surface area contributed by atoms with Gasteiger partial charge >= 0.3 is 11.6 Å². The number of carbonyl (C=O) groups is 1. The third-order valence-corrected chi connectivity index (χ3v) is 5.15. The van der Waals surface area contributed by atoms with Crippen molar-refractivity contribution in [1.82, 2.24) is 0 Å². The van der Waals surface area contributed by atoms with Crippen LogP contribution in [0.15, 0.2) is 88.1 Å². The Labute approximate surface area is 172 Å². The van der Waals surface area contributed by atoms with Crippen LogP contribution in [0, 0.1) is 6.92 Å². The summed E-state index contributed by atoms with van der Waals surface area (Å²) in [6, 6.07) is 23.3. The molecule has 1 atom stereocenters. The van der Waals surface area contributed by atoms with Crippen molar-refractivity contribution in [2.75, 3.05) is 0 Å². The fraction of sp³-hybridized carbons (Fsp3) is 0.0833. The number of alkyl halides is 1. The van der Waals surface area contributed by atoms with Crippen LogP contribution >= 0.6 is 11.6 Å². The minimum absolute atomic E-state index is 0.263. The van der Waals surface area contributed by atoms with E-state index in [1.54, 1.807) is 36.4 Å². The van der Waals surface area contributed by atoms with Crippen molar-refractivity contribution in [2.45, 2.75) is 12.3 Å². The van der Waals surface area contributed by atoms with Gasteiger partial charge in [-0.1, -0.05) is 60.7 Å². The van der Waals surface area contributed by atoms with Crippen molar-refractivity contribution in [3.05, 3.63) is 100 Å². The molecule has 0 bridgehead atoms. The Bertz CT molecular complexity index is 1230. The maximum absolute atomic E-state index is 12.6. The molecule has 0 saturated carbocycles. The van der Waals surface area contributed by atoms with Crippen LogP contribution < -0.4 is 10.4 Å². The van der Waals surface area contributed by atoms with Gasteiger partial charge in [-0.3, -0.25) is 0 Å². The van der Waals surface area contributed by atoms with Gasteiger partial charge in [0.05, 0.1) is 5.56 Å². The first-order valence-corrected chi connectivity index (χ1v) is 9.52. The van der Waals surface area contributed by atoms with Crippen LogP contribution in [-0.4, -0.2) is 5.97 Å². The molecule has 0 aliphatic heterocycles. The van der Waals surface area contributed by atoms with Gasteiger partial charge in [0.15, 0.2) is 5.38 Å². The summed E-state index contributed by atoms with van der Waals surface area (Å²) in [4.78, 5) is 25.0. The van der Waals surface area contributed by atoms with Gasteiger partial charge in [-0.2, -0.15) is 0 Å². The first-order valence-electron chi connectivity index (χ1n) is 9.08. The van der Waals surface area contributed by atoms with Gasteiger partial charge in [0, 0.05) is 11.5 Å². The second kappa shape index (κ2) is 7.94. The molecule has 29 heavy (non-hydrogen) atoms. The molecule has 0 spiro atoms. The topological polar surface area (TPSA) is 56.5 Å². The molecule has 0 N–H and O–H groups in total. The number of fused-ring (bicyclic) bond motifs is 1. The van der Waals surface area contributed by atoms with Crippen LogP contribution in [0.3, 0.4) is 0 Å². The lowest BCUT2D eigenvalue weighted by molar-refractivity contribution is -0.134. The lowest BCUT2D eigenvalue weighted by Crippen LogP contribution is -2.14. The van der Waals surface area contributed by atoms with E-state index < -0.39 is 17.0 Å². The van der Waals surface area contributed by atoms with E-state index in [9.17, 15) is 9.59 Å². The zero-order valence-electron chi connectivity index (χ0n) is 15.6. The van der Waals surface area contributed by atoms with Crippen LogP contribution in [0.4, 0.5) is 0 Å². The molecular formula is C24H17ClO4. The number of carbonyl (C=O) groups excluding carboxylic acids is 1. The van der Waals surface area contributed by atoms with E-state index in [4.69, 9.17) is 20.8 Å². The van der Waals surface area contributed by atoms with Crippen LogP contribution in [0.2, 0.25) is 0 Å². The van der Waals surface area contributed by atoms with Gasteiger partial charge in [0.25, 0.3) is 0 Å². The lowest BCUT2D eigenvalue weighted by Gasteiger charge is -2.11. The second-order valence-electron chi connectivity index (χ2n) is 6.61. The number of rotatable bonds is 4. The zero-order valence-corrected chi connectivity index (χ0v) is 16.3. The Hall–Kier alpha value is -3.37. The van der Waals surface area contributed by atoms with Gasteiger partial charge < -0.3 is 9.15 Å². The number of aryl methyl sites for hydroxylation is 1. The molecule has 0 saturated heterocycles. The Kier molecular flexibility index (Phi) is 5.19. The predicted molar refractivity (Wildman–Crippen MR) is 113 cm³/mol. The Morgan fingerprint density at radius 3 is 2.31 bits per heavy atom. The molecule has 4 rings (SSSR count). The van der Waals surface area contributed by atoms with Crippen molar-refractivity contribution in [2.24, 2.45) is 0 Å². The second-order valence-corrected chi connectivity index (χ2v) is 7.04. The van der Waals surface area contributed by atoms with Crippen LogP contribution in [0.1, 0.15) is 16.5 Å². The third kappa shape index (κ3) is 3.80. The van der Waals surface area contributed by atoms with E-state index in [2.05, 4.69) is 0 Å². The molecule has 4 nitrogen and oxygen atoms in total. The molecule has 1 heterocycles. The first-order chi connectivity index (χ1) is 14.0. The minimum Gasteiger partial charge on any atom is -0.425 e. The standard InChI is InChI=1S/C24H17ClO4/c1-15-19-13-12-18(28-24(27)22(25)17-10-6-3-7-11-17)14-20(19)29-23(26)21(15)16-8-4-2-5-9-16/h2-14,22H,1H3. The lowest BCUT2D eigenvalue weighted by atomic mass is 10.00. The van der Waals surface area contributed by atoms with Gasteiger partial charge in [0.1, 0.15) is 11.3 Å². The fourth-order valence-corrected chi connectivity index (χ4v) is 3.45. The van der Waals surface area contributed by atoms with Crippen molar-refractivity contribution >= 4 is 28.5 Å². The maximum atomic E-state index is 12.6. The molecule has 3 aromatic carbocycles. The summed E-state index contributed by atoms with van der Waals surface area (Å²) in [7, 11) is 0. The summed E-state index contributed by atoms with van der Waals surface area (Å²) in [5, 5.41) is -0.158. The van der Waals surface area contributed by atoms with Gasteiger partial charge in [0.2, 0.25) is 0 Å². The van der Waals surface area contributed by atoms with E-state index in [-0.39, 0.29) is 5.75 Å². The van der Waals surface area contributed by atoms with Gasteiger partial charge in [-0.15, -0.1) is 11.6 Å². The third-order valence-electron chi connectivity index (χ3n) is 4.72. The van der Waals surface area contributed by atoms with Gasteiger partial charge in [-0.05, 0) is 35.7 Å². The van der Waals surface area contributed by atoms with E-state index >= 15 is 0 Å². The highest BCUT2D eigenvalue weighted by atomic mass is 35.5. The molecule has 0 radical (unpaired) electrons. The average molecular weight is 405 g/mol. The molecule has 4 aromatic rings. The molecule has 0 fully saturated rings. The number of halogens is 1. The predicted octanol–water partition coefficient (Wildman–Crippen LogP) is 5.65. The summed E-state index contributed by atoms with van der Waals surface area (Å²) in [5.41, 5.74) is 2.68. The summed E-state index contributed by atoms with van der Waals surface area (Å²) in [6.07, 6.45) is 0. The molecule has 0 amide bonds. The van der Waals surface area contributed by atoms with Crippen LogP contribution in [-0.2, 0) is 4.79 Å². The van der Waals surface area contributed by atoms with Crippen molar-refractivity contribution in [3.8, 4) is 16.9 Å². The molecule has 0 aliphatic carbocycles. The first kappa shape index (κ1) is 19.0. The molecule has 144 valence electrons. The number of benzene rings is 3.